The number of hydrogen-bond acceptors (Lipinski definition) is 4. The zero-order valence-corrected chi connectivity index (χ0v) is 13.0. The average molecular weight is 298 g/mol. The van der Waals surface area contributed by atoms with Crippen LogP contribution in [0.5, 0.6) is 0 Å². The quantitative estimate of drug-likeness (QED) is 0.869. The molecular weight excluding hydrogens is 278 g/mol. The first kappa shape index (κ1) is 15.1. The van der Waals surface area contributed by atoms with Crippen LogP contribution < -0.4 is 4.90 Å². The van der Waals surface area contributed by atoms with E-state index in [2.05, 4.69) is 21.7 Å². The Morgan fingerprint density at radius 2 is 2.20 bits per heavy atom. The van der Waals surface area contributed by atoms with Crippen molar-refractivity contribution in [2.75, 3.05) is 25.5 Å². The van der Waals surface area contributed by atoms with Gasteiger partial charge in [-0.2, -0.15) is 0 Å². The highest BCUT2D eigenvalue weighted by atomic mass is 35.5. The summed E-state index contributed by atoms with van der Waals surface area (Å²) in [5.41, 5.74) is 1.21. The van der Waals surface area contributed by atoms with Gasteiger partial charge in [-0.1, -0.05) is 11.6 Å². The third-order valence-electron chi connectivity index (χ3n) is 4.32. The molecule has 1 aromatic heterocycles. The number of carboxylic acids is 1. The smallest absolute Gasteiger partial charge is 0.338 e. The first-order valence-electron chi connectivity index (χ1n) is 6.62. The Morgan fingerprint density at radius 3 is 2.75 bits per heavy atom. The van der Waals surface area contributed by atoms with E-state index >= 15 is 0 Å². The second-order valence-corrected chi connectivity index (χ2v) is 5.96. The molecule has 1 fully saturated rings. The van der Waals surface area contributed by atoms with Crippen LogP contribution in [0.2, 0.25) is 5.15 Å². The van der Waals surface area contributed by atoms with E-state index in [4.69, 9.17) is 11.6 Å². The van der Waals surface area contributed by atoms with E-state index in [9.17, 15) is 9.90 Å². The molecule has 0 saturated carbocycles. The van der Waals surface area contributed by atoms with Crippen LogP contribution in [-0.4, -0.2) is 47.3 Å². The summed E-state index contributed by atoms with van der Waals surface area (Å²) < 4.78 is 0. The minimum atomic E-state index is -0.963. The standard InChI is InChI=1S/C14H20ClN3O2/c1-9-11(13(19)20)10(8-16-12(9)15)18-7-5-6-14(18,2)17(3)4/h8H,5-7H2,1-4H3,(H,19,20). The third kappa shape index (κ3) is 2.25. The van der Waals surface area contributed by atoms with Gasteiger partial charge in [0.25, 0.3) is 0 Å². The Hall–Kier alpha value is -1.33. The SMILES string of the molecule is Cc1c(Cl)ncc(N2CCCC2(C)N(C)C)c1C(=O)O. The molecule has 1 saturated heterocycles. The van der Waals surface area contributed by atoms with E-state index in [-0.39, 0.29) is 16.4 Å². The van der Waals surface area contributed by atoms with E-state index in [1.165, 1.54) is 0 Å². The maximum atomic E-state index is 11.6. The first-order valence-corrected chi connectivity index (χ1v) is 7.00. The molecule has 0 bridgehead atoms. The molecule has 2 rings (SSSR count). The van der Waals surface area contributed by atoms with Crippen molar-refractivity contribution in [3.63, 3.8) is 0 Å². The molecule has 0 aromatic carbocycles. The molecule has 1 atom stereocenters. The monoisotopic (exact) mass is 297 g/mol. The molecule has 2 heterocycles. The summed E-state index contributed by atoms with van der Waals surface area (Å²) in [5, 5.41) is 9.76. The fraction of sp³-hybridized carbons (Fsp3) is 0.571. The topological polar surface area (TPSA) is 56.7 Å². The molecule has 20 heavy (non-hydrogen) atoms. The Balaban J connectivity index is 2.58. The molecule has 0 amide bonds. The molecule has 110 valence electrons. The Labute approximate surface area is 124 Å². The van der Waals surface area contributed by atoms with Crippen molar-refractivity contribution >= 4 is 23.3 Å². The molecular formula is C14H20ClN3O2. The van der Waals surface area contributed by atoms with E-state index < -0.39 is 5.97 Å². The van der Waals surface area contributed by atoms with Gasteiger partial charge in [-0.25, -0.2) is 9.78 Å². The minimum Gasteiger partial charge on any atom is -0.478 e. The highest BCUT2D eigenvalue weighted by molar-refractivity contribution is 6.30. The van der Waals surface area contributed by atoms with Crippen LogP contribution in [0.4, 0.5) is 5.69 Å². The van der Waals surface area contributed by atoms with Crippen molar-refractivity contribution in [1.29, 1.82) is 0 Å². The van der Waals surface area contributed by atoms with Gasteiger partial charge in [-0.05, 0) is 40.8 Å². The number of nitrogens with zero attached hydrogens (tertiary/aromatic N) is 3. The highest BCUT2D eigenvalue weighted by Gasteiger charge is 2.40. The lowest BCUT2D eigenvalue weighted by atomic mass is 10.1. The summed E-state index contributed by atoms with van der Waals surface area (Å²) in [6.07, 6.45) is 3.59. The molecule has 1 aliphatic heterocycles. The number of pyridine rings is 1. The lowest BCUT2D eigenvalue weighted by Crippen LogP contribution is -2.52. The van der Waals surface area contributed by atoms with Gasteiger partial charge in [0.1, 0.15) is 5.15 Å². The number of aromatic carboxylic acids is 1. The van der Waals surface area contributed by atoms with Gasteiger partial charge in [-0.15, -0.1) is 0 Å². The summed E-state index contributed by atoms with van der Waals surface area (Å²) in [6.45, 7) is 4.64. The zero-order chi connectivity index (χ0) is 15.1. The maximum Gasteiger partial charge on any atom is 0.338 e. The number of carboxylic acid groups (broad SMARTS) is 1. The van der Waals surface area contributed by atoms with E-state index in [1.807, 2.05) is 14.1 Å². The van der Waals surface area contributed by atoms with Crippen molar-refractivity contribution in [3.05, 3.63) is 22.5 Å². The van der Waals surface area contributed by atoms with Crippen molar-refractivity contribution in [3.8, 4) is 0 Å². The number of hydrogen-bond donors (Lipinski definition) is 1. The predicted molar refractivity (Wildman–Crippen MR) is 79.6 cm³/mol. The average Bonchev–Trinajstić information content (AvgIpc) is 2.75. The van der Waals surface area contributed by atoms with Crippen molar-refractivity contribution < 1.29 is 9.90 Å². The van der Waals surface area contributed by atoms with Gasteiger partial charge in [0.15, 0.2) is 0 Å². The van der Waals surface area contributed by atoms with Crippen LogP contribution >= 0.6 is 11.6 Å². The van der Waals surface area contributed by atoms with Crippen LogP contribution in [0.25, 0.3) is 0 Å². The number of carbonyl (C=O) groups is 1. The van der Waals surface area contributed by atoms with E-state index in [0.29, 0.717) is 11.3 Å². The lowest BCUT2D eigenvalue weighted by Gasteiger charge is -2.42. The van der Waals surface area contributed by atoms with Gasteiger partial charge in [-0.3, -0.25) is 4.90 Å². The summed E-state index contributed by atoms with van der Waals surface area (Å²) in [6, 6.07) is 0. The zero-order valence-electron chi connectivity index (χ0n) is 12.3. The molecule has 6 heteroatoms. The van der Waals surface area contributed by atoms with Crippen LogP contribution in [0.1, 0.15) is 35.7 Å². The van der Waals surface area contributed by atoms with Gasteiger partial charge >= 0.3 is 5.97 Å². The van der Waals surface area contributed by atoms with Gasteiger partial charge in [0.05, 0.1) is 23.1 Å². The first-order chi connectivity index (χ1) is 9.29. The Bertz CT molecular complexity index is 547. The molecule has 1 N–H and O–H groups in total. The van der Waals surface area contributed by atoms with Crippen LogP contribution in [0, 0.1) is 6.92 Å². The second kappa shape index (κ2) is 5.22. The predicted octanol–water partition coefficient (Wildman–Crippen LogP) is 2.62. The van der Waals surface area contributed by atoms with Gasteiger partial charge in [0.2, 0.25) is 0 Å². The largest absolute Gasteiger partial charge is 0.478 e. The minimum absolute atomic E-state index is 0.202. The van der Waals surface area contributed by atoms with Crippen LogP contribution in [0.3, 0.4) is 0 Å². The van der Waals surface area contributed by atoms with Crippen LogP contribution in [-0.2, 0) is 0 Å². The summed E-state index contributed by atoms with van der Waals surface area (Å²) >= 11 is 5.97. The normalized spacial score (nSPS) is 22.6. The maximum absolute atomic E-state index is 11.6. The van der Waals surface area contributed by atoms with Gasteiger partial charge < -0.3 is 10.0 Å². The summed E-state index contributed by atoms with van der Waals surface area (Å²) in [4.78, 5) is 20.0. The number of rotatable bonds is 3. The highest BCUT2D eigenvalue weighted by Crippen LogP contribution is 2.38. The molecule has 5 nitrogen and oxygen atoms in total. The molecule has 0 aliphatic carbocycles. The molecule has 1 unspecified atom stereocenters. The fourth-order valence-electron chi connectivity index (χ4n) is 2.84. The van der Waals surface area contributed by atoms with E-state index in [1.54, 1.807) is 13.1 Å². The molecule has 1 aliphatic rings. The molecule has 1 aromatic rings. The van der Waals surface area contributed by atoms with Crippen molar-refractivity contribution in [2.45, 2.75) is 32.4 Å². The third-order valence-corrected chi connectivity index (χ3v) is 4.70. The molecule has 0 spiro atoms. The lowest BCUT2D eigenvalue weighted by molar-refractivity contribution is 0.0696. The number of aromatic nitrogens is 1. The summed E-state index contributed by atoms with van der Waals surface area (Å²) in [5.74, 6) is -0.963. The van der Waals surface area contributed by atoms with Crippen molar-refractivity contribution in [2.24, 2.45) is 0 Å². The van der Waals surface area contributed by atoms with Gasteiger partial charge in [0, 0.05) is 12.1 Å². The number of halogens is 1. The summed E-state index contributed by atoms with van der Waals surface area (Å²) in [7, 11) is 4.02. The Morgan fingerprint density at radius 1 is 1.55 bits per heavy atom. The van der Waals surface area contributed by atoms with Crippen molar-refractivity contribution in [1.82, 2.24) is 9.88 Å². The molecule has 0 radical (unpaired) electrons. The second-order valence-electron chi connectivity index (χ2n) is 5.61. The number of anilines is 1. The Kier molecular flexibility index (Phi) is 3.93. The van der Waals surface area contributed by atoms with E-state index in [0.717, 1.165) is 19.4 Å². The van der Waals surface area contributed by atoms with Crippen LogP contribution in [0.15, 0.2) is 6.20 Å². The fourth-order valence-corrected chi connectivity index (χ4v) is 2.99.